The van der Waals surface area contributed by atoms with Gasteiger partial charge in [0.2, 0.25) is 0 Å². The van der Waals surface area contributed by atoms with Crippen molar-refractivity contribution in [1.29, 1.82) is 0 Å². The van der Waals surface area contributed by atoms with Crippen LogP contribution in [0.25, 0.3) is 0 Å². The Hall–Kier alpha value is -1.72. The Bertz CT molecular complexity index is 481. The molecule has 0 aromatic heterocycles. The van der Waals surface area contributed by atoms with E-state index >= 15 is 0 Å². The highest BCUT2D eigenvalue weighted by Crippen LogP contribution is 2.35. The second kappa shape index (κ2) is 4.88. The van der Waals surface area contributed by atoms with Crippen molar-refractivity contribution in [1.82, 2.24) is 0 Å². The van der Waals surface area contributed by atoms with Gasteiger partial charge in [0.05, 0.1) is 12.8 Å². The molecule has 0 atom stereocenters. The van der Waals surface area contributed by atoms with Crippen LogP contribution in [0.15, 0.2) is 6.07 Å². The lowest BCUT2D eigenvalue weighted by atomic mass is 10.0. The minimum Gasteiger partial charge on any atom is -0.494 e. The summed E-state index contributed by atoms with van der Waals surface area (Å²) in [6, 6.07) is 1.70. The number of carbonyl (C=O) groups is 1. The number of carbonyl (C=O) groups excluding carboxylic acids is 1. The highest BCUT2D eigenvalue weighted by Gasteiger charge is 2.39. The van der Waals surface area contributed by atoms with Crippen LogP contribution in [0.3, 0.4) is 0 Å². The molecule has 0 fully saturated rings. The van der Waals surface area contributed by atoms with E-state index in [-0.39, 0.29) is 11.4 Å². The van der Waals surface area contributed by atoms with E-state index in [4.69, 9.17) is 4.74 Å². The number of hydrogen-bond acceptors (Lipinski definition) is 2. The molecular weight excluding hydrogens is 247 g/mol. The van der Waals surface area contributed by atoms with Gasteiger partial charge in [-0.15, -0.1) is 0 Å². The quantitative estimate of drug-likeness (QED) is 0.888. The van der Waals surface area contributed by atoms with E-state index in [1.807, 2.05) is 12.2 Å². The first-order valence-corrected chi connectivity index (χ1v) is 5.21. The SMILES string of the molecule is COc1c(C)c(C)cc(C)c1NC(=O)C(F)(F)F. The third kappa shape index (κ3) is 2.75. The summed E-state index contributed by atoms with van der Waals surface area (Å²) in [5, 5.41) is 1.85. The Morgan fingerprint density at radius 2 is 1.78 bits per heavy atom. The molecular formula is C12H14F3NO2. The van der Waals surface area contributed by atoms with Crippen LogP contribution in [0, 0.1) is 20.8 Å². The number of halogens is 3. The molecule has 0 saturated heterocycles. The molecule has 1 N–H and O–H groups in total. The van der Waals surface area contributed by atoms with Gasteiger partial charge in [0.1, 0.15) is 5.75 Å². The van der Waals surface area contributed by atoms with Crippen LogP contribution in [0.4, 0.5) is 18.9 Å². The van der Waals surface area contributed by atoms with E-state index in [2.05, 4.69) is 0 Å². The molecule has 18 heavy (non-hydrogen) atoms. The van der Waals surface area contributed by atoms with E-state index in [1.165, 1.54) is 7.11 Å². The lowest BCUT2D eigenvalue weighted by Crippen LogP contribution is -2.30. The normalized spacial score (nSPS) is 11.3. The number of rotatable bonds is 2. The van der Waals surface area contributed by atoms with Crippen molar-refractivity contribution in [3.05, 3.63) is 22.8 Å². The summed E-state index contributed by atoms with van der Waals surface area (Å²) in [6.07, 6.45) is -4.92. The molecule has 0 heterocycles. The van der Waals surface area contributed by atoms with Crippen molar-refractivity contribution >= 4 is 11.6 Å². The zero-order chi connectivity index (χ0) is 14.1. The van der Waals surface area contributed by atoms with Crippen LogP contribution >= 0.6 is 0 Å². The lowest BCUT2D eigenvalue weighted by Gasteiger charge is -2.17. The van der Waals surface area contributed by atoms with E-state index in [0.717, 1.165) is 5.56 Å². The molecule has 0 aliphatic rings. The summed E-state index contributed by atoms with van der Waals surface area (Å²) < 4.78 is 41.8. The van der Waals surface area contributed by atoms with Crippen molar-refractivity contribution < 1.29 is 22.7 Å². The van der Waals surface area contributed by atoms with Crippen LogP contribution in [0.2, 0.25) is 0 Å². The molecule has 0 unspecified atom stereocenters. The molecule has 3 nitrogen and oxygen atoms in total. The number of alkyl halides is 3. The van der Waals surface area contributed by atoms with Gasteiger partial charge in [-0.2, -0.15) is 13.2 Å². The second-order valence-electron chi connectivity index (χ2n) is 4.00. The molecule has 6 heteroatoms. The van der Waals surface area contributed by atoms with E-state index < -0.39 is 12.1 Å². The fourth-order valence-electron chi connectivity index (χ4n) is 1.65. The third-order valence-electron chi connectivity index (χ3n) is 2.69. The number of ether oxygens (including phenoxy) is 1. The first kappa shape index (κ1) is 14.3. The monoisotopic (exact) mass is 261 g/mol. The summed E-state index contributed by atoms with van der Waals surface area (Å²) in [5.74, 6) is -1.75. The summed E-state index contributed by atoms with van der Waals surface area (Å²) in [5.41, 5.74) is 2.16. The van der Waals surface area contributed by atoms with Gasteiger partial charge in [0, 0.05) is 0 Å². The summed E-state index contributed by atoms with van der Waals surface area (Å²) in [7, 11) is 1.35. The van der Waals surface area contributed by atoms with E-state index in [1.54, 1.807) is 19.9 Å². The molecule has 1 rings (SSSR count). The fourth-order valence-corrected chi connectivity index (χ4v) is 1.65. The third-order valence-corrected chi connectivity index (χ3v) is 2.69. The van der Waals surface area contributed by atoms with Crippen molar-refractivity contribution in [3.63, 3.8) is 0 Å². The Kier molecular flexibility index (Phi) is 3.88. The molecule has 0 aliphatic heterocycles. The highest BCUT2D eigenvalue weighted by atomic mass is 19.4. The fraction of sp³-hybridized carbons (Fsp3) is 0.417. The van der Waals surface area contributed by atoms with Crippen LogP contribution in [-0.2, 0) is 4.79 Å². The average Bonchev–Trinajstić information content (AvgIpc) is 2.24. The Balaban J connectivity index is 3.25. The average molecular weight is 261 g/mol. The number of amides is 1. The van der Waals surface area contributed by atoms with Gasteiger partial charge in [-0.1, -0.05) is 6.07 Å². The first-order valence-electron chi connectivity index (χ1n) is 5.21. The van der Waals surface area contributed by atoms with Gasteiger partial charge in [-0.3, -0.25) is 4.79 Å². The number of hydrogen-bond donors (Lipinski definition) is 1. The maximum Gasteiger partial charge on any atom is 0.471 e. The van der Waals surface area contributed by atoms with Crippen LogP contribution < -0.4 is 10.1 Å². The lowest BCUT2D eigenvalue weighted by molar-refractivity contribution is -0.167. The summed E-state index contributed by atoms with van der Waals surface area (Å²) in [6.45, 7) is 5.15. The van der Waals surface area contributed by atoms with Crippen LogP contribution in [-0.4, -0.2) is 19.2 Å². The molecule has 0 saturated carbocycles. The Morgan fingerprint density at radius 3 is 2.22 bits per heavy atom. The van der Waals surface area contributed by atoms with Crippen molar-refractivity contribution in [2.24, 2.45) is 0 Å². The predicted molar refractivity (Wildman–Crippen MR) is 61.9 cm³/mol. The minimum absolute atomic E-state index is 0.0583. The van der Waals surface area contributed by atoms with Crippen molar-refractivity contribution in [2.75, 3.05) is 12.4 Å². The smallest absolute Gasteiger partial charge is 0.471 e. The van der Waals surface area contributed by atoms with Gasteiger partial charge in [-0.25, -0.2) is 0 Å². The molecule has 100 valence electrons. The Labute approximate surface area is 103 Å². The van der Waals surface area contributed by atoms with Gasteiger partial charge < -0.3 is 10.1 Å². The first-order chi connectivity index (χ1) is 8.18. The summed E-state index contributed by atoms with van der Waals surface area (Å²) >= 11 is 0. The molecule has 1 aromatic carbocycles. The number of nitrogens with one attached hydrogen (secondary N) is 1. The Morgan fingerprint density at radius 1 is 1.22 bits per heavy atom. The van der Waals surface area contributed by atoms with Gasteiger partial charge >= 0.3 is 12.1 Å². The topological polar surface area (TPSA) is 38.3 Å². The van der Waals surface area contributed by atoms with Gasteiger partial charge in [-0.05, 0) is 37.5 Å². The molecule has 0 spiro atoms. The number of methoxy groups -OCH3 is 1. The van der Waals surface area contributed by atoms with E-state index in [9.17, 15) is 18.0 Å². The molecule has 0 aliphatic carbocycles. The molecule has 1 aromatic rings. The van der Waals surface area contributed by atoms with Crippen LogP contribution in [0.1, 0.15) is 16.7 Å². The van der Waals surface area contributed by atoms with Crippen molar-refractivity contribution in [3.8, 4) is 5.75 Å². The summed E-state index contributed by atoms with van der Waals surface area (Å²) in [4.78, 5) is 11.0. The zero-order valence-electron chi connectivity index (χ0n) is 10.5. The van der Waals surface area contributed by atoms with Gasteiger partial charge in [0.15, 0.2) is 0 Å². The molecule has 0 radical (unpaired) electrons. The molecule has 0 bridgehead atoms. The van der Waals surface area contributed by atoms with Gasteiger partial charge in [0.25, 0.3) is 0 Å². The maximum absolute atomic E-state index is 12.2. The highest BCUT2D eigenvalue weighted by molar-refractivity contribution is 5.97. The minimum atomic E-state index is -4.92. The standard InChI is InChI=1S/C12H14F3NO2/c1-6-5-7(2)9(10(18-4)8(6)3)16-11(17)12(13,14)15/h5H,1-4H3,(H,16,17). The largest absolute Gasteiger partial charge is 0.494 e. The number of anilines is 1. The number of benzene rings is 1. The predicted octanol–water partition coefficient (Wildman–Crippen LogP) is 3.12. The van der Waals surface area contributed by atoms with E-state index in [0.29, 0.717) is 11.1 Å². The van der Waals surface area contributed by atoms with Crippen molar-refractivity contribution in [2.45, 2.75) is 26.9 Å². The second-order valence-corrected chi connectivity index (χ2v) is 4.00. The maximum atomic E-state index is 12.2. The number of aryl methyl sites for hydroxylation is 2. The zero-order valence-corrected chi connectivity index (χ0v) is 10.5. The van der Waals surface area contributed by atoms with Crippen LogP contribution in [0.5, 0.6) is 5.75 Å². The molecule has 1 amide bonds.